The van der Waals surface area contributed by atoms with E-state index in [1.54, 1.807) is 26.1 Å². The molecule has 0 aliphatic heterocycles. The average Bonchev–Trinajstić information content (AvgIpc) is 2.15. The Bertz CT molecular complexity index is 363. The largest absolute Gasteiger partial charge is 0.384 e. The summed E-state index contributed by atoms with van der Waals surface area (Å²) in [5, 5.41) is 2.90. The SMILES string of the molecule is CC(C)(CNc1nccc(N)n1)C(N)=O. The van der Waals surface area contributed by atoms with Crippen LogP contribution in [0.25, 0.3) is 0 Å². The van der Waals surface area contributed by atoms with E-state index >= 15 is 0 Å². The van der Waals surface area contributed by atoms with Crippen molar-refractivity contribution >= 4 is 17.7 Å². The van der Waals surface area contributed by atoms with Gasteiger partial charge in [-0.1, -0.05) is 0 Å². The molecule has 5 N–H and O–H groups in total. The molecule has 1 aromatic heterocycles. The monoisotopic (exact) mass is 209 g/mol. The first-order valence-electron chi connectivity index (χ1n) is 4.54. The van der Waals surface area contributed by atoms with Gasteiger partial charge in [0.2, 0.25) is 11.9 Å². The first-order valence-corrected chi connectivity index (χ1v) is 4.54. The first kappa shape index (κ1) is 11.2. The van der Waals surface area contributed by atoms with E-state index in [0.29, 0.717) is 18.3 Å². The predicted octanol–water partition coefficient (Wildman–Crippen LogP) is -0.0178. The molecule has 0 saturated carbocycles. The standard InChI is InChI=1S/C9H15N5O/c1-9(2,7(11)15)5-13-8-12-4-3-6(10)14-8/h3-4H,5H2,1-2H3,(H2,11,15)(H3,10,12,13,14). The third kappa shape index (κ3) is 3.08. The molecular formula is C9H15N5O. The fraction of sp³-hybridized carbons (Fsp3) is 0.444. The summed E-state index contributed by atoms with van der Waals surface area (Å²) < 4.78 is 0. The van der Waals surface area contributed by atoms with Gasteiger partial charge in [-0.05, 0) is 19.9 Å². The van der Waals surface area contributed by atoms with Gasteiger partial charge in [0, 0.05) is 12.7 Å². The van der Waals surface area contributed by atoms with Crippen molar-refractivity contribution in [3.63, 3.8) is 0 Å². The number of amides is 1. The molecule has 1 rings (SSSR count). The number of carbonyl (C=O) groups excluding carboxylic acids is 1. The van der Waals surface area contributed by atoms with Gasteiger partial charge in [-0.25, -0.2) is 4.98 Å². The van der Waals surface area contributed by atoms with Crippen LogP contribution in [-0.4, -0.2) is 22.4 Å². The van der Waals surface area contributed by atoms with Crippen LogP contribution in [0.5, 0.6) is 0 Å². The molecule has 0 aromatic carbocycles. The Morgan fingerprint density at radius 3 is 2.80 bits per heavy atom. The number of hydrogen-bond acceptors (Lipinski definition) is 5. The van der Waals surface area contributed by atoms with Gasteiger partial charge in [0.15, 0.2) is 0 Å². The molecule has 6 nitrogen and oxygen atoms in total. The Balaban J connectivity index is 2.61. The third-order valence-electron chi connectivity index (χ3n) is 2.03. The zero-order valence-corrected chi connectivity index (χ0v) is 8.82. The van der Waals surface area contributed by atoms with Gasteiger partial charge in [-0.15, -0.1) is 0 Å². The van der Waals surface area contributed by atoms with Crippen molar-refractivity contribution in [1.29, 1.82) is 0 Å². The Hall–Kier alpha value is -1.85. The quantitative estimate of drug-likeness (QED) is 0.646. The van der Waals surface area contributed by atoms with Crippen molar-refractivity contribution in [2.24, 2.45) is 11.1 Å². The van der Waals surface area contributed by atoms with E-state index in [4.69, 9.17) is 11.5 Å². The van der Waals surface area contributed by atoms with Crippen LogP contribution in [0.3, 0.4) is 0 Å². The van der Waals surface area contributed by atoms with E-state index in [9.17, 15) is 4.79 Å². The lowest BCUT2D eigenvalue weighted by Gasteiger charge is -2.20. The number of hydrogen-bond donors (Lipinski definition) is 3. The molecule has 0 aliphatic carbocycles. The molecule has 6 heteroatoms. The maximum absolute atomic E-state index is 11.0. The van der Waals surface area contributed by atoms with Gasteiger partial charge in [0.25, 0.3) is 0 Å². The van der Waals surface area contributed by atoms with Crippen LogP contribution < -0.4 is 16.8 Å². The Morgan fingerprint density at radius 2 is 2.27 bits per heavy atom. The number of carbonyl (C=O) groups is 1. The van der Waals surface area contributed by atoms with Crippen molar-refractivity contribution < 1.29 is 4.79 Å². The number of nitrogens with one attached hydrogen (secondary N) is 1. The lowest BCUT2D eigenvalue weighted by Crippen LogP contribution is -2.37. The second-order valence-corrected chi connectivity index (χ2v) is 3.91. The summed E-state index contributed by atoms with van der Waals surface area (Å²) in [6, 6.07) is 1.59. The molecule has 0 spiro atoms. The van der Waals surface area contributed by atoms with Crippen molar-refractivity contribution in [3.05, 3.63) is 12.3 Å². The summed E-state index contributed by atoms with van der Waals surface area (Å²) in [5.74, 6) is 0.396. The molecule has 0 atom stereocenters. The van der Waals surface area contributed by atoms with Crippen molar-refractivity contribution in [2.75, 3.05) is 17.6 Å². The molecule has 0 fully saturated rings. The molecule has 0 radical (unpaired) electrons. The number of nitrogen functional groups attached to an aromatic ring is 1. The van der Waals surface area contributed by atoms with Gasteiger partial charge in [-0.2, -0.15) is 4.98 Å². The number of primary amides is 1. The summed E-state index contributed by atoms with van der Waals surface area (Å²) in [7, 11) is 0. The fourth-order valence-corrected chi connectivity index (χ4v) is 0.845. The maximum Gasteiger partial charge on any atom is 0.224 e. The van der Waals surface area contributed by atoms with Gasteiger partial charge in [0.1, 0.15) is 5.82 Å². The van der Waals surface area contributed by atoms with Crippen LogP contribution in [0.1, 0.15) is 13.8 Å². The molecule has 0 unspecified atom stereocenters. The Morgan fingerprint density at radius 1 is 1.60 bits per heavy atom. The second-order valence-electron chi connectivity index (χ2n) is 3.91. The normalized spacial score (nSPS) is 11.1. The number of anilines is 2. The highest BCUT2D eigenvalue weighted by atomic mass is 16.1. The van der Waals surface area contributed by atoms with Crippen molar-refractivity contribution in [1.82, 2.24) is 9.97 Å². The zero-order chi connectivity index (χ0) is 11.5. The summed E-state index contributed by atoms with van der Waals surface area (Å²) in [6.45, 7) is 3.86. The minimum Gasteiger partial charge on any atom is -0.384 e. The number of aromatic nitrogens is 2. The van der Waals surface area contributed by atoms with Gasteiger partial charge in [0.05, 0.1) is 5.41 Å². The van der Waals surface area contributed by atoms with Crippen LogP contribution in [-0.2, 0) is 4.79 Å². The molecule has 15 heavy (non-hydrogen) atoms. The first-order chi connectivity index (χ1) is 6.92. The molecule has 82 valence electrons. The summed E-state index contributed by atoms with van der Waals surface area (Å²) >= 11 is 0. The fourth-order valence-electron chi connectivity index (χ4n) is 0.845. The molecule has 1 aromatic rings. The van der Waals surface area contributed by atoms with E-state index in [-0.39, 0.29) is 5.91 Å². The lowest BCUT2D eigenvalue weighted by molar-refractivity contribution is -0.125. The second kappa shape index (κ2) is 4.12. The number of nitrogens with two attached hydrogens (primary N) is 2. The highest BCUT2D eigenvalue weighted by Crippen LogP contribution is 2.14. The Labute approximate surface area is 88.1 Å². The van der Waals surface area contributed by atoms with Gasteiger partial charge < -0.3 is 16.8 Å². The molecule has 0 aliphatic rings. The van der Waals surface area contributed by atoms with Crippen molar-refractivity contribution in [2.45, 2.75) is 13.8 Å². The van der Waals surface area contributed by atoms with Gasteiger partial charge >= 0.3 is 0 Å². The zero-order valence-electron chi connectivity index (χ0n) is 8.82. The van der Waals surface area contributed by atoms with Crippen molar-refractivity contribution in [3.8, 4) is 0 Å². The maximum atomic E-state index is 11.0. The predicted molar refractivity (Wildman–Crippen MR) is 57.9 cm³/mol. The molecule has 1 amide bonds. The smallest absolute Gasteiger partial charge is 0.224 e. The van der Waals surface area contributed by atoms with E-state index in [1.807, 2.05) is 0 Å². The van der Waals surface area contributed by atoms with E-state index < -0.39 is 5.41 Å². The highest BCUT2D eigenvalue weighted by molar-refractivity contribution is 5.80. The van der Waals surface area contributed by atoms with Crippen LogP contribution in [0.2, 0.25) is 0 Å². The molecule has 1 heterocycles. The van der Waals surface area contributed by atoms with E-state index in [2.05, 4.69) is 15.3 Å². The van der Waals surface area contributed by atoms with Crippen LogP contribution in [0, 0.1) is 5.41 Å². The van der Waals surface area contributed by atoms with E-state index in [0.717, 1.165) is 0 Å². The van der Waals surface area contributed by atoms with Crippen LogP contribution in [0.15, 0.2) is 12.3 Å². The highest BCUT2D eigenvalue weighted by Gasteiger charge is 2.24. The average molecular weight is 209 g/mol. The molecule has 0 saturated heterocycles. The minimum absolute atomic E-state index is 0.367. The lowest BCUT2D eigenvalue weighted by atomic mass is 9.93. The topological polar surface area (TPSA) is 107 Å². The van der Waals surface area contributed by atoms with Crippen LogP contribution in [0.4, 0.5) is 11.8 Å². The number of rotatable bonds is 4. The van der Waals surface area contributed by atoms with E-state index in [1.165, 1.54) is 0 Å². The molecular weight excluding hydrogens is 194 g/mol. The van der Waals surface area contributed by atoms with Crippen LogP contribution >= 0.6 is 0 Å². The summed E-state index contributed by atoms with van der Waals surface area (Å²) in [5.41, 5.74) is 10.0. The minimum atomic E-state index is -0.645. The van der Waals surface area contributed by atoms with Gasteiger partial charge in [-0.3, -0.25) is 4.79 Å². The third-order valence-corrected chi connectivity index (χ3v) is 2.03. The number of nitrogens with zero attached hydrogens (tertiary/aromatic N) is 2. The summed E-state index contributed by atoms with van der Waals surface area (Å²) in [6.07, 6.45) is 1.54. The molecule has 0 bridgehead atoms. The Kier molecular flexibility index (Phi) is 3.08. The summed E-state index contributed by atoms with van der Waals surface area (Å²) in [4.78, 5) is 18.9.